The van der Waals surface area contributed by atoms with Crippen LogP contribution in [0, 0.1) is 0 Å². The maximum Gasteiger partial charge on any atom is 0.197 e. The second kappa shape index (κ2) is 2.91. The standard InChI is InChI=1S/C9H13NO/c1-6(2)8-5-11-9(10-8)7(3)4/h5,7H,1H2,2-4H3. The van der Waals surface area contributed by atoms with Gasteiger partial charge < -0.3 is 4.42 Å². The lowest BCUT2D eigenvalue weighted by Gasteiger charge is -1.94. The third-order valence-corrected chi connectivity index (χ3v) is 1.45. The smallest absolute Gasteiger partial charge is 0.197 e. The zero-order valence-electron chi connectivity index (χ0n) is 7.22. The number of hydrogen-bond donors (Lipinski definition) is 0. The van der Waals surface area contributed by atoms with E-state index in [1.807, 2.05) is 20.8 Å². The fourth-order valence-electron chi connectivity index (χ4n) is 0.749. The minimum atomic E-state index is 0.350. The largest absolute Gasteiger partial charge is 0.448 e. The maximum absolute atomic E-state index is 5.22. The summed E-state index contributed by atoms with van der Waals surface area (Å²) in [5.41, 5.74) is 1.80. The first-order valence-electron chi connectivity index (χ1n) is 3.72. The second-order valence-electron chi connectivity index (χ2n) is 3.01. The molecule has 1 rings (SSSR count). The van der Waals surface area contributed by atoms with Gasteiger partial charge in [-0.1, -0.05) is 20.4 Å². The highest BCUT2D eigenvalue weighted by molar-refractivity contribution is 5.56. The highest BCUT2D eigenvalue weighted by Crippen LogP contribution is 2.16. The van der Waals surface area contributed by atoms with E-state index < -0.39 is 0 Å². The van der Waals surface area contributed by atoms with Gasteiger partial charge >= 0.3 is 0 Å². The molecular formula is C9H13NO. The van der Waals surface area contributed by atoms with Crippen molar-refractivity contribution in [1.29, 1.82) is 0 Å². The lowest BCUT2D eigenvalue weighted by molar-refractivity contribution is 0.471. The van der Waals surface area contributed by atoms with E-state index in [4.69, 9.17) is 4.42 Å². The fraction of sp³-hybridized carbons (Fsp3) is 0.444. The van der Waals surface area contributed by atoms with Crippen LogP contribution in [-0.4, -0.2) is 4.98 Å². The Bertz CT molecular complexity index is 260. The van der Waals surface area contributed by atoms with Crippen LogP contribution < -0.4 is 0 Å². The van der Waals surface area contributed by atoms with Gasteiger partial charge in [-0.3, -0.25) is 0 Å². The minimum Gasteiger partial charge on any atom is -0.448 e. The summed E-state index contributed by atoms with van der Waals surface area (Å²) < 4.78 is 5.22. The molecule has 0 aliphatic heterocycles. The van der Waals surface area contributed by atoms with Crippen LogP contribution in [0.2, 0.25) is 0 Å². The topological polar surface area (TPSA) is 26.0 Å². The van der Waals surface area contributed by atoms with Gasteiger partial charge in [-0.25, -0.2) is 4.98 Å². The van der Waals surface area contributed by atoms with Crippen molar-refractivity contribution in [2.75, 3.05) is 0 Å². The van der Waals surface area contributed by atoms with Crippen LogP contribution in [0.25, 0.3) is 5.57 Å². The number of hydrogen-bond acceptors (Lipinski definition) is 2. The maximum atomic E-state index is 5.22. The monoisotopic (exact) mass is 151 g/mol. The van der Waals surface area contributed by atoms with E-state index in [1.54, 1.807) is 6.26 Å². The number of aromatic nitrogens is 1. The molecule has 0 spiro atoms. The molecular weight excluding hydrogens is 138 g/mol. The van der Waals surface area contributed by atoms with Gasteiger partial charge in [0.1, 0.15) is 12.0 Å². The molecule has 0 amide bonds. The SMILES string of the molecule is C=C(C)c1coc(C(C)C)n1. The van der Waals surface area contributed by atoms with E-state index in [-0.39, 0.29) is 0 Å². The molecule has 60 valence electrons. The normalized spacial score (nSPS) is 10.5. The quantitative estimate of drug-likeness (QED) is 0.649. The Morgan fingerprint density at radius 2 is 2.27 bits per heavy atom. The van der Waals surface area contributed by atoms with Gasteiger partial charge in [-0.2, -0.15) is 0 Å². The van der Waals surface area contributed by atoms with Gasteiger partial charge in [0.05, 0.1) is 0 Å². The highest BCUT2D eigenvalue weighted by atomic mass is 16.3. The Labute approximate surface area is 66.9 Å². The van der Waals surface area contributed by atoms with Gasteiger partial charge in [0, 0.05) is 5.92 Å². The van der Waals surface area contributed by atoms with E-state index in [9.17, 15) is 0 Å². The van der Waals surface area contributed by atoms with Gasteiger partial charge in [0.25, 0.3) is 0 Å². The predicted octanol–water partition coefficient (Wildman–Crippen LogP) is 2.83. The Balaban J connectivity index is 2.90. The lowest BCUT2D eigenvalue weighted by Crippen LogP contribution is -1.86. The van der Waals surface area contributed by atoms with E-state index in [0.717, 1.165) is 17.2 Å². The molecule has 11 heavy (non-hydrogen) atoms. The van der Waals surface area contributed by atoms with Gasteiger partial charge in [-0.05, 0) is 12.5 Å². The van der Waals surface area contributed by atoms with Crippen LogP contribution in [0.4, 0.5) is 0 Å². The average molecular weight is 151 g/mol. The van der Waals surface area contributed by atoms with Crippen molar-refractivity contribution in [2.45, 2.75) is 26.7 Å². The molecule has 0 N–H and O–H groups in total. The Morgan fingerprint density at radius 3 is 2.55 bits per heavy atom. The molecule has 1 aromatic rings. The van der Waals surface area contributed by atoms with Crippen molar-refractivity contribution in [1.82, 2.24) is 4.98 Å². The first kappa shape index (κ1) is 8.05. The molecule has 2 heteroatoms. The molecule has 0 fully saturated rings. The zero-order chi connectivity index (χ0) is 8.43. The summed E-state index contributed by atoms with van der Waals surface area (Å²) in [5, 5.41) is 0. The molecule has 0 aliphatic rings. The Hall–Kier alpha value is -1.05. The molecule has 0 unspecified atom stereocenters. The summed E-state index contributed by atoms with van der Waals surface area (Å²) in [7, 11) is 0. The molecule has 0 aliphatic carbocycles. The van der Waals surface area contributed by atoms with Crippen LogP contribution in [0.15, 0.2) is 17.3 Å². The number of oxazole rings is 1. The molecule has 1 heterocycles. The van der Waals surface area contributed by atoms with Crippen molar-refractivity contribution in [3.05, 3.63) is 24.4 Å². The van der Waals surface area contributed by atoms with Gasteiger partial charge in [0.15, 0.2) is 5.89 Å². The lowest BCUT2D eigenvalue weighted by atomic mass is 10.2. The average Bonchev–Trinajstić information content (AvgIpc) is 2.33. The molecule has 1 aromatic heterocycles. The zero-order valence-corrected chi connectivity index (χ0v) is 7.22. The van der Waals surface area contributed by atoms with Crippen LogP contribution in [-0.2, 0) is 0 Å². The van der Waals surface area contributed by atoms with Gasteiger partial charge in [0.2, 0.25) is 0 Å². The summed E-state index contributed by atoms with van der Waals surface area (Å²) in [5.74, 6) is 1.13. The molecule has 0 saturated heterocycles. The first-order valence-corrected chi connectivity index (χ1v) is 3.72. The third-order valence-electron chi connectivity index (χ3n) is 1.45. The number of allylic oxidation sites excluding steroid dienone is 1. The van der Waals surface area contributed by atoms with Crippen molar-refractivity contribution < 1.29 is 4.42 Å². The van der Waals surface area contributed by atoms with Crippen molar-refractivity contribution in [3.8, 4) is 0 Å². The fourth-order valence-corrected chi connectivity index (χ4v) is 0.749. The summed E-state index contributed by atoms with van der Waals surface area (Å²) in [6, 6.07) is 0. The van der Waals surface area contributed by atoms with Crippen LogP contribution >= 0.6 is 0 Å². The third kappa shape index (κ3) is 1.70. The Morgan fingerprint density at radius 1 is 1.64 bits per heavy atom. The van der Waals surface area contributed by atoms with Crippen molar-refractivity contribution >= 4 is 5.57 Å². The van der Waals surface area contributed by atoms with Gasteiger partial charge in [-0.15, -0.1) is 0 Å². The summed E-state index contributed by atoms with van der Waals surface area (Å²) in [6.07, 6.45) is 1.65. The number of nitrogens with zero attached hydrogens (tertiary/aromatic N) is 1. The predicted molar refractivity (Wildman–Crippen MR) is 45.3 cm³/mol. The molecule has 0 bridgehead atoms. The minimum absolute atomic E-state index is 0.350. The molecule has 0 atom stereocenters. The molecule has 0 aromatic carbocycles. The second-order valence-corrected chi connectivity index (χ2v) is 3.01. The van der Waals surface area contributed by atoms with Crippen molar-refractivity contribution in [3.63, 3.8) is 0 Å². The van der Waals surface area contributed by atoms with E-state index in [2.05, 4.69) is 11.6 Å². The van der Waals surface area contributed by atoms with E-state index in [1.165, 1.54) is 0 Å². The molecule has 2 nitrogen and oxygen atoms in total. The molecule has 0 saturated carbocycles. The van der Waals surface area contributed by atoms with Crippen molar-refractivity contribution in [2.24, 2.45) is 0 Å². The van der Waals surface area contributed by atoms with E-state index >= 15 is 0 Å². The summed E-state index contributed by atoms with van der Waals surface area (Å²) >= 11 is 0. The van der Waals surface area contributed by atoms with Crippen LogP contribution in [0.3, 0.4) is 0 Å². The highest BCUT2D eigenvalue weighted by Gasteiger charge is 2.06. The first-order chi connectivity index (χ1) is 5.11. The van der Waals surface area contributed by atoms with Crippen LogP contribution in [0.1, 0.15) is 38.3 Å². The summed E-state index contributed by atoms with van der Waals surface area (Å²) in [6.45, 7) is 9.79. The van der Waals surface area contributed by atoms with E-state index in [0.29, 0.717) is 5.92 Å². The summed E-state index contributed by atoms with van der Waals surface area (Å²) in [4.78, 5) is 4.24. The van der Waals surface area contributed by atoms with Crippen LogP contribution in [0.5, 0.6) is 0 Å². The number of rotatable bonds is 2. The Kier molecular flexibility index (Phi) is 2.13. The molecule has 0 radical (unpaired) electrons.